The van der Waals surface area contributed by atoms with Gasteiger partial charge in [0.15, 0.2) is 0 Å². The van der Waals surface area contributed by atoms with Crippen molar-refractivity contribution in [3.8, 4) is 22.3 Å². The molecule has 2 aromatic heterocycles. The van der Waals surface area contributed by atoms with Crippen LogP contribution in [0.1, 0.15) is 31.3 Å². The predicted molar refractivity (Wildman–Crippen MR) is 113 cm³/mol. The number of halogens is 1. The van der Waals surface area contributed by atoms with Crippen molar-refractivity contribution in [3.63, 3.8) is 0 Å². The summed E-state index contributed by atoms with van der Waals surface area (Å²) in [6.07, 6.45) is 2.43. The number of rotatable bonds is 4. The van der Waals surface area contributed by atoms with E-state index in [1.54, 1.807) is 51.1 Å². The molecular formula is C21H17BrN2O6. The molecule has 0 radical (unpaired) electrons. The van der Waals surface area contributed by atoms with Gasteiger partial charge in [-0.2, -0.15) is 0 Å². The smallest absolute Gasteiger partial charge is 0.375 e. The quantitative estimate of drug-likeness (QED) is 0.298. The number of benzene rings is 1. The lowest BCUT2D eigenvalue weighted by Crippen LogP contribution is -2.25. The van der Waals surface area contributed by atoms with E-state index >= 15 is 0 Å². The van der Waals surface area contributed by atoms with Crippen LogP contribution >= 0.6 is 15.9 Å². The third-order valence-corrected chi connectivity index (χ3v) is 4.56. The minimum absolute atomic E-state index is 0.0541. The van der Waals surface area contributed by atoms with Crippen molar-refractivity contribution in [2.75, 3.05) is 0 Å². The van der Waals surface area contributed by atoms with E-state index in [4.69, 9.17) is 9.15 Å². The Bertz CT molecular complexity index is 1180. The summed E-state index contributed by atoms with van der Waals surface area (Å²) in [6, 6.07) is 9.91. The largest absolute Gasteiger partial charge is 0.454 e. The number of hydrogen-bond donors (Lipinski definition) is 0. The van der Waals surface area contributed by atoms with Crippen LogP contribution in [0.25, 0.3) is 22.3 Å². The van der Waals surface area contributed by atoms with Crippen molar-refractivity contribution in [3.05, 3.63) is 79.6 Å². The van der Waals surface area contributed by atoms with E-state index < -0.39 is 27.9 Å². The highest BCUT2D eigenvalue weighted by atomic mass is 79.9. The molecule has 1 aromatic carbocycles. The summed E-state index contributed by atoms with van der Waals surface area (Å²) in [5.74, 6) is -1.34. The van der Waals surface area contributed by atoms with Gasteiger partial charge in [-0.05, 0) is 42.3 Å². The zero-order chi connectivity index (χ0) is 22.1. The van der Waals surface area contributed by atoms with E-state index in [1.165, 1.54) is 12.3 Å². The first-order valence-corrected chi connectivity index (χ1v) is 9.63. The molecule has 0 aliphatic rings. The number of ether oxygens (including phenoxy) is 1. The van der Waals surface area contributed by atoms with Gasteiger partial charge < -0.3 is 9.15 Å². The van der Waals surface area contributed by atoms with Gasteiger partial charge in [-0.1, -0.05) is 30.3 Å². The second-order valence-corrected chi connectivity index (χ2v) is 8.18. The third-order valence-electron chi connectivity index (χ3n) is 3.96. The summed E-state index contributed by atoms with van der Waals surface area (Å²) in [5, 5.41) is 11.7. The van der Waals surface area contributed by atoms with Gasteiger partial charge in [0.05, 0.1) is 15.0 Å². The fourth-order valence-electron chi connectivity index (χ4n) is 2.87. The monoisotopic (exact) mass is 472 g/mol. The van der Waals surface area contributed by atoms with Crippen LogP contribution in [0, 0.1) is 10.1 Å². The molecule has 0 aliphatic heterocycles. The van der Waals surface area contributed by atoms with Crippen LogP contribution in [0.5, 0.6) is 0 Å². The highest BCUT2D eigenvalue weighted by Crippen LogP contribution is 2.42. The van der Waals surface area contributed by atoms with Gasteiger partial charge in [0.2, 0.25) is 5.76 Å². The van der Waals surface area contributed by atoms with Crippen LogP contribution in [0.15, 0.2) is 62.5 Å². The minimum atomic E-state index is -0.912. The maximum Gasteiger partial charge on any atom is 0.375 e. The molecule has 0 unspecified atom stereocenters. The molecule has 8 nitrogen and oxygen atoms in total. The summed E-state index contributed by atoms with van der Waals surface area (Å²) in [4.78, 5) is 40.2. The number of hydrogen-bond acceptors (Lipinski definition) is 7. The van der Waals surface area contributed by atoms with Crippen molar-refractivity contribution >= 4 is 27.6 Å². The number of aromatic nitrogens is 1. The molecule has 9 heteroatoms. The van der Waals surface area contributed by atoms with Gasteiger partial charge in [-0.15, -0.1) is 0 Å². The van der Waals surface area contributed by atoms with Gasteiger partial charge in [0.25, 0.3) is 5.69 Å². The Kier molecular flexibility index (Phi) is 5.84. The Hall–Kier alpha value is -3.33. The lowest BCUT2D eigenvalue weighted by molar-refractivity contribution is -0.384. The van der Waals surface area contributed by atoms with Crippen molar-refractivity contribution < 1.29 is 18.9 Å². The zero-order valence-corrected chi connectivity index (χ0v) is 17.9. The van der Waals surface area contributed by atoms with Gasteiger partial charge in [-0.3, -0.25) is 15.1 Å². The van der Waals surface area contributed by atoms with E-state index in [2.05, 4.69) is 20.9 Å². The second kappa shape index (κ2) is 8.19. The molecule has 0 atom stereocenters. The van der Waals surface area contributed by atoms with Crippen molar-refractivity contribution in [1.82, 2.24) is 4.98 Å². The van der Waals surface area contributed by atoms with Gasteiger partial charge in [0.1, 0.15) is 11.8 Å². The number of carbonyl (C=O) groups excluding carboxylic acids is 1. The number of pyridine rings is 1. The molecule has 2 heterocycles. The molecule has 30 heavy (non-hydrogen) atoms. The summed E-state index contributed by atoms with van der Waals surface area (Å²) in [5.41, 5.74) is -1.04. The van der Waals surface area contributed by atoms with Crippen LogP contribution in [0.2, 0.25) is 0 Å². The fraction of sp³-hybridized carbons (Fsp3) is 0.190. The molecule has 0 N–H and O–H groups in total. The molecule has 0 fully saturated rings. The summed E-state index contributed by atoms with van der Waals surface area (Å²) >= 11 is 3.28. The van der Waals surface area contributed by atoms with E-state index in [-0.39, 0.29) is 21.3 Å². The summed E-state index contributed by atoms with van der Waals surface area (Å²) in [6.45, 7) is 4.98. The Labute approximate surface area is 179 Å². The van der Waals surface area contributed by atoms with Gasteiger partial charge in [0, 0.05) is 23.4 Å². The summed E-state index contributed by atoms with van der Waals surface area (Å²) in [7, 11) is 0. The molecule has 0 bridgehead atoms. The Morgan fingerprint density at radius 3 is 2.43 bits per heavy atom. The lowest BCUT2D eigenvalue weighted by Gasteiger charge is -2.20. The Morgan fingerprint density at radius 2 is 1.83 bits per heavy atom. The van der Waals surface area contributed by atoms with E-state index in [0.29, 0.717) is 11.1 Å². The molecule has 0 aliphatic carbocycles. The first-order valence-electron chi connectivity index (χ1n) is 8.83. The van der Waals surface area contributed by atoms with Crippen LogP contribution in [-0.2, 0) is 4.74 Å². The molecule has 0 spiro atoms. The fourth-order valence-corrected chi connectivity index (χ4v) is 3.39. The van der Waals surface area contributed by atoms with Crippen LogP contribution in [-0.4, -0.2) is 21.5 Å². The van der Waals surface area contributed by atoms with Gasteiger partial charge >= 0.3 is 11.6 Å². The average Bonchev–Trinajstić information content (AvgIpc) is 2.67. The molecule has 0 saturated heterocycles. The Balaban J connectivity index is 2.45. The van der Waals surface area contributed by atoms with Crippen LogP contribution in [0.4, 0.5) is 5.69 Å². The van der Waals surface area contributed by atoms with Gasteiger partial charge in [-0.25, -0.2) is 9.59 Å². The molecule has 3 rings (SSSR count). The number of nitro groups is 1. The molecule has 154 valence electrons. The van der Waals surface area contributed by atoms with Crippen LogP contribution in [0.3, 0.4) is 0 Å². The van der Waals surface area contributed by atoms with Crippen molar-refractivity contribution in [2.45, 2.75) is 26.4 Å². The summed E-state index contributed by atoms with van der Waals surface area (Å²) < 4.78 is 10.9. The minimum Gasteiger partial charge on any atom is -0.454 e. The van der Waals surface area contributed by atoms with Crippen molar-refractivity contribution in [2.24, 2.45) is 0 Å². The number of carbonyl (C=O) groups is 1. The highest BCUT2D eigenvalue weighted by Gasteiger charge is 2.31. The normalized spacial score (nSPS) is 11.2. The third kappa shape index (κ3) is 4.46. The van der Waals surface area contributed by atoms with Crippen LogP contribution < -0.4 is 5.63 Å². The molecular weight excluding hydrogens is 456 g/mol. The predicted octanol–water partition coefficient (Wildman–Crippen LogP) is 4.99. The maximum absolute atomic E-state index is 12.9. The second-order valence-electron chi connectivity index (χ2n) is 7.32. The number of nitrogens with zero attached hydrogens (tertiary/aromatic N) is 2. The molecule has 0 saturated carbocycles. The zero-order valence-electron chi connectivity index (χ0n) is 16.3. The topological polar surface area (TPSA) is 113 Å². The Morgan fingerprint density at radius 1 is 1.17 bits per heavy atom. The van der Waals surface area contributed by atoms with E-state index in [1.807, 2.05) is 0 Å². The number of esters is 1. The van der Waals surface area contributed by atoms with Crippen molar-refractivity contribution in [1.29, 1.82) is 0 Å². The molecule has 3 aromatic rings. The maximum atomic E-state index is 12.9. The highest BCUT2D eigenvalue weighted by molar-refractivity contribution is 9.10. The van der Waals surface area contributed by atoms with E-state index in [9.17, 15) is 19.7 Å². The lowest BCUT2D eigenvalue weighted by atomic mass is 9.94. The molecule has 0 amide bonds. The SMILES string of the molecule is CC(C)(C)OC(=O)c1oc(=O)cc(-c2ccccc2)c1-c1c(Br)cncc1[N+](=O)[O-]. The average molecular weight is 473 g/mol. The standard InChI is InChI=1S/C21H17BrN2O6/c1-21(2,3)30-20(26)19-17(18-14(22)10-23-11-15(18)24(27)28)13(9-16(25)29-19)12-7-5-4-6-8-12/h4-11H,1-3H3. The first kappa shape index (κ1) is 21.4. The van der Waals surface area contributed by atoms with E-state index in [0.717, 1.165) is 6.20 Å². The first-order chi connectivity index (χ1) is 14.1.